The Balaban J connectivity index is 1.53. The second-order valence-electron chi connectivity index (χ2n) is 6.59. The first-order chi connectivity index (χ1) is 13.9. The standard InChI is InChI=1S/C20H17F3N4O2/c21-20(22,23)14-6-7-15-13(4-3-9-29-16(15)11-14)10-19(28)24-12-18-26-25-17-5-1-2-8-27(17)18/h1-2,5-8,10-11H,3-4,9,12H2,(H,24,28)/b13-10+. The maximum absolute atomic E-state index is 13.0. The van der Waals surface area contributed by atoms with Crippen LogP contribution in [0.25, 0.3) is 11.2 Å². The van der Waals surface area contributed by atoms with E-state index in [1.165, 1.54) is 12.1 Å². The third-order valence-corrected chi connectivity index (χ3v) is 4.61. The molecule has 0 unspecified atom stereocenters. The second-order valence-corrected chi connectivity index (χ2v) is 6.59. The highest BCUT2D eigenvalue weighted by molar-refractivity contribution is 5.96. The zero-order chi connectivity index (χ0) is 20.4. The normalized spacial score (nSPS) is 15.6. The molecule has 29 heavy (non-hydrogen) atoms. The summed E-state index contributed by atoms with van der Waals surface area (Å²) in [6, 6.07) is 8.82. The minimum atomic E-state index is -4.45. The first-order valence-corrected chi connectivity index (χ1v) is 9.03. The summed E-state index contributed by atoms with van der Waals surface area (Å²) >= 11 is 0. The zero-order valence-electron chi connectivity index (χ0n) is 15.2. The van der Waals surface area contributed by atoms with Gasteiger partial charge in [0, 0.05) is 17.8 Å². The molecule has 9 heteroatoms. The highest BCUT2D eigenvalue weighted by Gasteiger charge is 2.32. The Morgan fingerprint density at radius 3 is 2.93 bits per heavy atom. The molecule has 3 heterocycles. The van der Waals surface area contributed by atoms with Gasteiger partial charge < -0.3 is 10.1 Å². The predicted octanol–water partition coefficient (Wildman–Crippen LogP) is 3.62. The molecular weight excluding hydrogens is 385 g/mol. The topological polar surface area (TPSA) is 68.5 Å². The van der Waals surface area contributed by atoms with Gasteiger partial charge >= 0.3 is 6.18 Å². The molecule has 2 aromatic heterocycles. The molecule has 4 rings (SSSR count). The van der Waals surface area contributed by atoms with Crippen LogP contribution in [0.4, 0.5) is 13.2 Å². The first kappa shape index (κ1) is 19.0. The van der Waals surface area contributed by atoms with Gasteiger partial charge in [-0.15, -0.1) is 10.2 Å². The summed E-state index contributed by atoms with van der Waals surface area (Å²) in [5.41, 5.74) is 1.03. The molecule has 0 saturated carbocycles. The van der Waals surface area contributed by atoms with Gasteiger partial charge in [0.25, 0.3) is 0 Å². The van der Waals surface area contributed by atoms with Gasteiger partial charge in [0.1, 0.15) is 5.75 Å². The molecule has 0 fully saturated rings. The van der Waals surface area contributed by atoms with Gasteiger partial charge in [-0.05, 0) is 42.7 Å². The van der Waals surface area contributed by atoms with Crippen LogP contribution in [0.15, 0.2) is 48.7 Å². The van der Waals surface area contributed by atoms with Gasteiger partial charge in [0.15, 0.2) is 11.5 Å². The van der Waals surface area contributed by atoms with Crippen LogP contribution in [0.1, 0.15) is 29.8 Å². The van der Waals surface area contributed by atoms with Crippen LogP contribution < -0.4 is 10.1 Å². The second kappa shape index (κ2) is 7.57. The van der Waals surface area contributed by atoms with E-state index < -0.39 is 11.7 Å². The summed E-state index contributed by atoms with van der Waals surface area (Å²) in [6.45, 7) is 0.461. The van der Waals surface area contributed by atoms with Crippen molar-refractivity contribution in [3.8, 4) is 5.75 Å². The Bertz CT molecular complexity index is 1090. The Morgan fingerprint density at radius 1 is 1.24 bits per heavy atom. The van der Waals surface area contributed by atoms with Crippen molar-refractivity contribution in [1.29, 1.82) is 0 Å². The number of nitrogens with zero attached hydrogens (tertiary/aromatic N) is 3. The summed E-state index contributed by atoms with van der Waals surface area (Å²) < 4.78 is 46.1. The summed E-state index contributed by atoms with van der Waals surface area (Å²) in [7, 11) is 0. The number of carbonyl (C=O) groups excluding carboxylic acids is 1. The fourth-order valence-corrected chi connectivity index (χ4v) is 3.20. The molecule has 0 atom stereocenters. The number of ether oxygens (including phenoxy) is 1. The minimum Gasteiger partial charge on any atom is -0.493 e. The van der Waals surface area contributed by atoms with Crippen molar-refractivity contribution in [2.45, 2.75) is 25.6 Å². The molecule has 0 bridgehead atoms. The quantitative estimate of drug-likeness (QED) is 0.680. The number of nitrogens with one attached hydrogen (secondary N) is 1. The number of halogens is 3. The van der Waals surface area contributed by atoms with Crippen LogP contribution >= 0.6 is 0 Å². The number of allylic oxidation sites excluding steroid dienone is 1. The van der Waals surface area contributed by atoms with E-state index in [0.717, 1.165) is 12.1 Å². The van der Waals surface area contributed by atoms with Gasteiger partial charge in [0.05, 0.1) is 18.7 Å². The summed E-state index contributed by atoms with van der Waals surface area (Å²) in [4.78, 5) is 12.4. The Hall–Kier alpha value is -3.36. The molecule has 1 aliphatic heterocycles. The number of amides is 1. The fraction of sp³-hybridized carbons (Fsp3) is 0.250. The molecule has 0 radical (unpaired) electrons. The van der Waals surface area contributed by atoms with Crippen molar-refractivity contribution in [2.75, 3.05) is 6.61 Å². The van der Waals surface area contributed by atoms with Crippen LogP contribution in [-0.2, 0) is 17.5 Å². The van der Waals surface area contributed by atoms with Gasteiger partial charge in [-0.2, -0.15) is 13.2 Å². The van der Waals surface area contributed by atoms with Crippen molar-refractivity contribution < 1.29 is 22.7 Å². The predicted molar refractivity (Wildman–Crippen MR) is 99.0 cm³/mol. The number of rotatable bonds is 3. The van der Waals surface area contributed by atoms with Crippen molar-refractivity contribution in [3.63, 3.8) is 0 Å². The average molecular weight is 402 g/mol. The number of fused-ring (bicyclic) bond motifs is 2. The average Bonchev–Trinajstić information content (AvgIpc) is 3.00. The smallest absolute Gasteiger partial charge is 0.416 e. The fourth-order valence-electron chi connectivity index (χ4n) is 3.20. The number of hydrogen-bond acceptors (Lipinski definition) is 4. The maximum Gasteiger partial charge on any atom is 0.416 e. The molecule has 1 amide bonds. The Morgan fingerprint density at radius 2 is 2.10 bits per heavy atom. The summed E-state index contributed by atoms with van der Waals surface area (Å²) in [5, 5.41) is 10.8. The van der Waals surface area contributed by atoms with Crippen LogP contribution in [0, 0.1) is 0 Å². The number of benzene rings is 1. The molecule has 1 N–H and O–H groups in total. The highest BCUT2D eigenvalue weighted by atomic mass is 19.4. The van der Waals surface area contributed by atoms with E-state index in [2.05, 4.69) is 15.5 Å². The van der Waals surface area contributed by atoms with Crippen LogP contribution in [0.5, 0.6) is 5.75 Å². The van der Waals surface area contributed by atoms with Crippen LogP contribution in [-0.4, -0.2) is 27.1 Å². The Labute approximate surface area is 164 Å². The molecule has 3 aromatic rings. The number of pyridine rings is 1. The van der Waals surface area contributed by atoms with E-state index >= 15 is 0 Å². The van der Waals surface area contributed by atoms with Crippen LogP contribution in [0.3, 0.4) is 0 Å². The third kappa shape index (κ3) is 4.08. The molecule has 0 aliphatic carbocycles. The molecule has 0 saturated heterocycles. The van der Waals surface area contributed by atoms with E-state index in [-0.39, 0.29) is 18.2 Å². The molecule has 150 valence electrons. The third-order valence-electron chi connectivity index (χ3n) is 4.61. The number of aromatic nitrogens is 3. The zero-order valence-corrected chi connectivity index (χ0v) is 15.2. The van der Waals surface area contributed by atoms with E-state index in [1.807, 2.05) is 12.1 Å². The molecule has 6 nitrogen and oxygen atoms in total. The molecular formula is C20H17F3N4O2. The largest absolute Gasteiger partial charge is 0.493 e. The van der Waals surface area contributed by atoms with E-state index in [9.17, 15) is 18.0 Å². The SMILES string of the molecule is O=C(/C=C1\CCCOc2cc(C(F)(F)F)ccc21)NCc1nnc2ccccn12. The summed E-state index contributed by atoms with van der Waals surface area (Å²) in [6.07, 6.45) is -0.118. The number of hydrogen-bond donors (Lipinski definition) is 1. The lowest BCUT2D eigenvalue weighted by Gasteiger charge is -2.13. The van der Waals surface area contributed by atoms with Crippen molar-refractivity contribution in [3.05, 3.63) is 65.6 Å². The Kier molecular flexibility index (Phi) is 4.96. The minimum absolute atomic E-state index is 0.139. The highest BCUT2D eigenvalue weighted by Crippen LogP contribution is 2.37. The van der Waals surface area contributed by atoms with Crippen molar-refractivity contribution >= 4 is 17.1 Å². The number of alkyl halides is 3. The van der Waals surface area contributed by atoms with E-state index in [1.54, 1.807) is 16.7 Å². The van der Waals surface area contributed by atoms with Crippen molar-refractivity contribution in [1.82, 2.24) is 19.9 Å². The summed E-state index contributed by atoms with van der Waals surface area (Å²) in [5.74, 6) is 0.354. The number of carbonyl (C=O) groups is 1. The monoisotopic (exact) mass is 402 g/mol. The lowest BCUT2D eigenvalue weighted by atomic mass is 9.99. The van der Waals surface area contributed by atoms with Crippen LogP contribution in [0.2, 0.25) is 0 Å². The van der Waals surface area contributed by atoms with E-state index in [0.29, 0.717) is 42.1 Å². The molecule has 0 spiro atoms. The first-order valence-electron chi connectivity index (χ1n) is 9.03. The lowest BCUT2D eigenvalue weighted by Crippen LogP contribution is -2.22. The van der Waals surface area contributed by atoms with E-state index in [4.69, 9.17) is 4.74 Å². The van der Waals surface area contributed by atoms with Gasteiger partial charge in [-0.3, -0.25) is 9.20 Å². The molecule has 1 aliphatic rings. The lowest BCUT2D eigenvalue weighted by molar-refractivity contribution is -0.137. The van der Waals surface area contributed by atoms with Crippen molar-refractivity contribution in [2.24, 2.45) is 0 Å². The van der Waals surface area contributed by atoms with Gasteiger partial charge in [-0.25, -0.2) is 0 Å². The van der Waals surface area contributed by atoms with Gasteiger partial charge in [-0.1, -0.05) is 12.1 Å². The molecule has 1 aromatic carbocycles. The van der Waals surface area contributed by atoms with Gasteiger partial charge in [0.2, 0.25) is 5.91 Å². The maximum atomic E-state index is 13.0.